The summed E-state index contributed by atoms with van der Waals surface area (Å²) in [5.74, 6) is 0.375. The van der Waals surface area contributed by atoms with Crippen LogP contribution in [-0.4, -0.2) is 19.4 Å². The summed E-state index contributed by atoms with van der Waals surface area (Å²) in [6, 6.07) is 1.38. The van der Waals surface area contributed by atoms with Gasteiger partial charge in [0.05, 0.1) is 0 Å². The molecule has 0 saturated heterocycles. The molecule has 2 aromatic rings. The van der Waals surface area contributed by atoms with Gasteiger partial charge in [-0.1, -0.05) is 0 Å². The second-order valence-electron chi connectivity index (χ2n) is 2.60. The van der Waals surface area contributed by atoms with Gasteiger partial charge < -0.3 is 5.73 Å². The fourth-order valence-electron chi connectivity index (χ4n) is 1.08. The van der Waals surface area contributed by atoms with Gasteiger partial charge in [0.25, 0.3) is 5.56 Å². The van der Waals surface area contributed by atoms with Gasteiger partial charge in [-0.2, -0.15) is 0 Å². The van der Waals surface area contributed by atoms with Crippen molar-refractivity contribution in [3.05, 3.63) is 28.4 Å². The first-order chi connectivity index (χ1) is 6.18. The number of aromatic nitrogens is 4. The zero-order chi connectivity index (χ0) is 9.42. The van der Waals surface area contributed by atoms with E-state index in [-0.39, 0.29) is 17.3 Å². The lowest BCUT2D eigenvalue weighted by Crippen LogP contribution is -2.19. The van der Waals surface area contributed by atoms with E-state index < -0.39 is 0 Å². The van der Waals surface area contributed by atoms with Crippen molar-refractivity contribution in [2.24, 2.45) is 0 Å². The van der Waals surface area contributed by atoms with Crippen LogP contribution in [0, 0.1) is 6.92 Å². The van der Waals surface area contributed by atoms with Gasteiger partial charge in [-0.3, -0.25) is 4.79 Å². The Kier molecular flexibility index (Phi) is 1.48. The van der Waals surface area contributed by atoms with Gasteiger partial charge in [0.15, 0.2) is 0 Å². The molecule has 0 spiro atoms. The van der Waals surface area contributed by atoms with Crippen molar-refractivity contribution in [3.8, 4) is 0 Å². The molecule has 0 unspecified atom stereocenters. The average Bonchev–Trinajstić information content (AvgIpc) is 2.02. The minimum Gasteiger partial charge on any atom is -0.369 e. The molecule has 2 heterocycles. The summed E-state index contributed by atoms with van der Waals surface area (Å²) < 4.78 is 1.16. The summed E-state index contributed by atoms with van der Waals surface area (Å²) in [6.07, 6.45) is 1.27. The highest BCUT2D eigenvalue weighted by molar-refractivity contribution is 5.35. The molecule has 2 aromatic heterocycles. The van der Waals surface area contributed by atoms with Crippen LogP contribution in [0.25, 0.3) is 5.78 Å². The second-order valence-corrected chi connectivity index (χ2v) is 2.60. The summed E-state index contributed by atoms with van der Waals surface area (Å²) in [5, 5.41) is 0. The first-order valence-electron chi connectivity index (χ1n) is 3.65. The zero-order valence-electron chi connectivity index (χ0n) is 6.93. The fraction of sp³-hybridized carbons (Fsp3) is 0.143. The smallest absolute Gasteiger partial charge is 0.262 e. The lowest BCUT2D eigenvalue weighted by atomic mass is 10.4. The molecular weight excluding hydrogens is 170 g/mol. The van der Waals surface area contributed by atoms with E-state index in [1.807, 2.05) is 0 Å². The molecular formula is C7H7N5O. The first kappa shape index (κ1) is 7.66. The lowest BCUT2D eigenvalue weighted by Gasteiger charge is -2.00. The molecule has 6 heteroatoms. The summed E-state index contributed by atoms with van der Waals surface area (Å²) in [4.78, 5) is 22.9. The van der Waals surface area contributed by atoms with Gasteiger partial charge in [-0.15, -0.1) is 0 Å². The maximum atomic E-state index is 11.4. The standard InChI is InChI=1S/C7H7N5O/c1-4-2-5(13)12-6(8)9-3-10-7(12)11-4/h2-3H,1H3,(H2,8,9,10,11). The molecule has 13 heavy (non-hydrogen) atoms. The van der Waals surface area contributed by atoms with Crippen molar-refractivity contribution in [2.45, 2.75) is 6.92 Å². The Morgan fingerprint density at radius 2 is 2.23 bits per heavy atom. The third-order valence-electron chi connectivity index (χ3n) is 1.62. The number of hydrogen-bond donors (Lipinski definition) is 1. The maximum Gasteiger partial charge on any atom is 0.262 e. The number of fused-ring (bicyclic) bond motifs is 1. The minimum absolute atomic E-state index is 0.0995. The van der Waals surface area contributed by atoms with Gasteiger partial charge in [0.1, 0.15) is 6.33 Å². The van der Waals surface area contributed by atoms with Crippen molar-refractivity contribution < 1.29 is 0 Å². The molecule has 0 radical (unpaired) electrons. The van der Waals surface area contributed by atoms with Crippen molar-refractivity contribution in [3.63, 3.8) is 0 Å². The van der Waals surface area contributed by atoms with Crippen LogP contribution < -0.4 is 11.3 Å². The Morgan fingerprint density at radius 1 is 1.46 bits per heavy atom. The highest BCUT2D eigenvalue weighted by Crippen LogP contribution is 1.96. The topological polar surface area (TPSA) is 86.2 Å². The van der Waals surface area contributed by atoms with E-state index in [2.05, 4.69) is 15.0 Å². The Hall–Kier alpha value is -1.98. The highest BCUT2D eigenvalue weighted by Gasteiger charge is 2.02. The van der Waals surface area contributed by atoms with Gasteiger partial charge >= 0.3 is 0 Å². The summed E-state index contributed by atoms with van der Waals surface area (Å²) in [5.41, 5.74) is 5.83. The largest absolute Gasteiger partial charge is 0.369 e. The normalized spacial score (nSPS) is 10.5. The number of rotatable bonds is 0. The van der Waals surface area contributed by atoms with Crippen LogP contribution in [0.2, 0.25) is 0 Å². The van der Waals surface area contributed by atoms with Gasteiger partial charge in [0.2, 0.25) is 11.7 Å². The number of anilines is 1. The average molecular weight is 177 g/mol. The van der Waals surface area contributed by atoms with Crippen molar-refractivity contribution in [1.29, 1.82) is 0 Å². The van der Waals surface area contributed by atoms with Crippen LogP contribution in [0.1, 0.15) is 5.69 Å². The Bertz CT molecular complexity index is 518. The molecule has 2 rings (SSSR count). The summed E-state index contributed by atoms with van der Waals surface area (Å²) >= 11 is 0. The molecule has 6 nitrogen and oxygen atoms in total. The molecule has 0 aromatic carbocycles. The number of nitrogens with zero attached hydrogens (tertiary/aromatic N) is 4. The third-order valence-corrected chi connectivity index (χ3v) is 1.62. The maximum absolute atomic E-state index is 11.4. The minimum atomic E-state index is -0.263. The van der Waals surface area contributed by atoms with E-state index >= 15 is 0 Å². The van der Waals surface area contributed by atoms with E-state index in [9.17, 15) is 4.79 Å². The Labute approximate surface area is 73.1 Å². The zero-order valence-corrected chi connectivity index (χ0v) is 6.93. The van der Waals surface area contributed by atoms with Crippen LogP contribution in [0.5, 0.6) is 0 Å². The monoisotopic (exact) mass is 177 g/mol. The van der Waals surface area contributed by atoms with E-state index in [4.69, 9.17) is 5.73 Å². The first-order valence-corrected chi connectivity index (χ1v) is 3.65. The van der Waals surface area contributed by atoms with Crippen LogP contribution in [0.4, 0.5) is 5.95 Å². The number of hydrogen-bond acceptors (Lipinski definition) is 5. The van der Waals surface area contributed by atoms with E-state index in [0.29, 0.717) is 5.69 Å². The molecule has 0 aliphatic heterocycles. The predicted molar refractivity (Wildman–Crippen MR) is 46.2 cm³/mol. The van der Waals surface area contributed by atoms with E-state index in [1.54, 1.807) is 6.92 Å². The van der Waals surface area contributed by atoms with Crippen LogP contribution >= 0.6 is 0 Å². The molecule has 66 valence electrons. The Balaban J connectivity index is 3.03. The molecule has 0 amide bonds. The number of nitrogen functional groups attached to an aromatic ring is 1. The molecule has 0 fully saturated rings. The van der Waals surface area contributed by atoms with E-state index in [1.165, 1.54) is 12.4 Å². The second kappa shape index (κ2) is 2.51. The predicted octanol–water partition coefficient (Wildman–Crippen LogP) is -0.625. The highest BCUT2D eigenvalue weighted by atomic mass is 16.1. The number of nitrogens with two attached hydrogens (primary N) is 1. The Morgan fingerprint density at radius 3 is 3.00 bits per heavy atom. The van der Waals surface area contributed by atoms with Gasteiger partial charge in [0, 0.05) is 11.8 Å². The van der Waals surface area contributed by atoms with Crippen LogP contribution in [-0.2, 0) is 0 Å². The van der Waals surface area contributed by atoms with Gasteiger partial charge in [-0.25, -0.2) is 19.4 Å². The van der Waals surface area contributed by atoms with Crippen LogP contribution in [0.3, 0.4) is 0 Å². The molecule has 0 atom stereocenters. The van der Waals surface area contributed by atoms with Crippen molar-refractivity contribution >= 4 is 11.7 Å². The molecule has 0 aliphatic rings. The fourth-order valence-corrected chi connectivity index (χ4v) is 1.08. The van der Waals surface area contributed by atoms with Gasteiger partial charge in [-0.05, 0) is 6.92 Å². The SMILES string of the molecule is Cc1cc(=O)n2c(N)ncnc2n1. The molecule has 0 aliphatic carbocycles. The quantitative estimate of drug-likeness (QED) is 0.579. The van der Waals surface area contributed by atoms with E-state index in [0.717, 1.165) is 4.40 Å². The lowest BCUT2D eigenvalue weighted by molar-refractivity contribution is 0.937. The van der Waals surface area contributed by atoms with Crippen molar-refractivity contribution in [1.82, 2.24) is 19.4 Å². The summed E-state index contributed by atoms with van der Waals surface area (Å²) in [6.45, 7) is 1.72. The van der Waals surface area contributed by atoms with Crippen molar-refractivity contribution in [2.75, 3.05) is 5.73 Å². The molecule has 0 saturated carbocycles. The summed E-state index contributed by atoms with van der Waals surface area (Å²) in [7, 11) is 0. The molecule has 0 bridgehead atoms. The third kappa shape index (κ3) is 1.12. The van der Waals surface area contributed by atoms with Crippen LogP contribution in [0.15, 0.2) is 17.2 Å². The number of aryl methyl sites for hydroxylation is 1. The molecule has 2 N–H and O–H groups in total.